The number of nitrogens with zero attached hydrogens (tertiary/aromatic N) is 3. The number of rotatable bonds is 3. The first kappa shape index (κ1) is 18.2. The van der Waals surface area contributed by atoms with Crippen LogP contribution in [-0.4, -0.2) is 40.2 Å². The van der Waals surface area contributed by atoms with Crippen molar-refractivity contribution in [2.24, 2.45) is 11.7 Å². The van der Waals surface area contributed by atoms with Crippen LogP contribution in [0.5, 0.6) is 0 Å². The van der Waals surface area contributed by atoms with Gasteiger partial charge in [0.15, 0.2) is 0 Å². The SMILES string of the molecule is CC(C(=O)N1CCCC(CN)C1)n1cccn1.Cl.Cl. The summed E-state index contributed by atoms with van der Waals surface area (Å²) in [4.78, 5) is 14.2. The maximum atomic E-state index is 12.3. The second-order valence-corrected chi connectivity index (χ2v) is 4.69. The minimum atomic E-state index is -0.221. The number of carbonyl (C=O) groups is 1. The van der Waals surface area contributed by atoms with E-state index in [9.17, 15) is 4.79 Å². The minimum Gasteiger partial charge on any atom is -0.341 e. The van der Waals surface area contributed by atoms with Crippen molar-refractivity contribution >= 4 is 30.7 Å². The van der Waals surface area contributed by atoms with Crippen molar-refractivity contribution in [1.29, 1.82) is 0 Å². The molecule has 0 aromatic carbocycles. The smallest absolute Gasteiger partial charge is 0.247 e. The van der Waals surface area contributed by atoms with Crippen molar-refractivity contribution in [2.75, 3.05) is 19.6 Å². The summed E-state index contributed by atoms with van der Waals surface area (Å²) in [6.45, 7) is 4.20. The van der Waals surface area contributed by atoms with Gasteiger partial charge in [-0.15, -0.1) is 24.8 Å². The molecule has 2 heterocycles. The summed E-state index contributed by atoms with van der Waals surface area (Å²) in [5.41, 5.74) is 5.68. The molecule has 2 atom stereocenters. The average molecular weight is 309 g/mol. The molecule has 1 aliphatic rings. The van der Waals surface area contributed by atoms with Gasteiger partial charge in [-0.3, -0.25) is 9.48 Å². The second-order valence-electron chi connectivity index (χ2n) is 4.69. The number of halogens is 2. The Kier molecular flexibility index (Phi) is 8.06. The zero-order valence-electron chi connectivity index (χ0n) is 11.1. The fourth-order valence-electron chi connectivity index (χ4n) is 2.34. The average Bonchev–Trinajstić information content (AvgIpc) is 2.91. The fraction of sp³-hybridized carbons (Fsp3) is 0.667. The highest BCUT2D eigenvalue weighted by molar-refractivity contribution is 5.85. The summed E-state index contributed by atoms with van der Waals surface area (Å²) in [5.74, 6) is 0.601. The van der Waals surface area contributed by atoms with Gasteiger partial charge >= 0.3 is 0 Å². The van der Waals surface area contributed by atoms with E-state index < -0.39 is 0 Å². The second kappa shape index (κ2) is 8.40. The van der Waals surface area contributed by atoms with Crippen molar-refractivity contribution in [1.82, 2.24) is 14.7 Å². The predicted molar refractivity (Wildman–Crippen MR) is 79.8 cm³/mol. The normalized spacial score (nSPS) is 20.1. The molecule has 5 nitrogen and oxygen atoms in total. The largest absolute Gasteiger partial charge is 0.341 e. The first-order chi connectivity index (χ1) is 8.22. The maximum Gasteiger partial charge on any atom is 0.247 e. The van der Waals surface area contributed by atoms with Crippen LogP contribution in [0.3, 0.4) is 0 Å². The summed E-state index contributed by atoms with van der Waals surface area (Å²) in [5, 5.41) is 4.12. The van der Waals surface area contributed by atoms with Crippen LogP contribution in [0.4, 0.5) is 0 Å². The Labute approximate surface area is 126 Å². The Balaban J connectivity index is 0.00000162. The molecular weight excluding hydrogens is 287 g/mol. The quantitative estimate of drug-likeness (QED) is 0.920. The van der Waals surface area contributed by atoms with E-state index in [0.717, 1.165) is 25.9 Å². The molecule has 1 fully saturated rings. The van der Waals surface area contributed by atoms with Crippen LogP contribution in [-0.2, 0) is 4.79 Å². The lowest BCUT2D eigenvalue weighted by atomic mass is 9.98. The zero-order valence-corrected chi connectivity index (χ0v) is 12.7. The summed E-state index contributed by atoms with van der Waals surface area (Å²) < 4.78 is 1.70. The topological polar surface area (TPSA) is 64.2 Å². The summed E-state index contributed by atoms with van der Waals surface area (Å²) >= 11 is 0. The third kappa shape index (κ3) is 4.37. The molecule has 7 heteroatoms. The van der Waals surface area contributed by atoms with Gasteiger partial charge in [0, 0.05) is 25.5 Å². The molecule has 0 spiro atoms. The molecule has 0 bridgehead atoms. The third-order valence-corrected chi connectivity index (χ3v) is 3.44. The molecule has 1 saturated heterocycles. The number of aromatic nitrogens is 2. The van der Waals surface area contributed by atoms with Gasteiger partial charge in [-0.25, -0.2) is 0 Å². The van der Waals surface area contributed by atoms with Gasteiger partial charge in [-0.05, 0) is 38.3 Å². The van der Waals surface area contributed by atoms with Gasteiger partial charge in [0.05, 0.1) is 0 Å². The van der Waals surface area contributed by atoms with Gasteiger partial charge in [0.1, 0.15) is 6.04 Å². The van der Waals surface area contributed by atoms with Crippen molar-refractivity contribution in [3.63, 3.8) is 0 Å². The lowest BCUT2D eigenvalue weighted by Gasteiger charge is -2.33. The van der Waals surface area contributed by atoms with Crippen molar-refractivity contribution in [2.45, 2.75) is 25.8 Å². The minimum absolute atomic E-state index is 0. The number of carbonyl (C=O) groups excluding carboxylic acids is 1. The van der Waals surface area contributed by atoms with Gasteiger partial charge in [0.25, 0.3) is 0 Å². The molecule has 0 saturated carbocycles. The Morgan fingerprint density at radius 1 is 1.53 bits per heavy atom. The van der Waals surface area contributed by atoms with Gasteiger partial charge in [0.2, 0.25) is 5.91 Å². The molecule has 110 valence electrons. The van der Waals surface area contributed by atoms with Crippen LogP contribution in [0.25, 0.3) is 0 Å². The molecule has 1 aliphatic heterocycles. The summed E-state index contributed by atoms with van der Waals surface area (Å²) in [7, 11) is 0. The maximum absolute atomic E-state index is 12.3. The number of hydrogen-bond acceptors (Lipinski definition) is 3. The number of piperidine rings is 1. The monoisotopic (exact) mass is 308 g/mol. The molecule has 2 unspecified atom stereocenters. The summed E-state index contributed by atoms with van der Waals surface area (Å²) in [6, 6.07) is 1.62. The molecule has 1 amide bonds. The lowest BCUT2D eigenvalue weighted by Crippen LogP contribution is -2.44. The standard InChI is InChI=1S/C12H20N4O.2ClH/c1-10(16-7-3-5-14-16)12(17)15-6-2-4-11(8-13)9-15;;/h3,5,7,10-11H,2,4,6,8-9,13H2,1H3;2*1H. The Hall–Kier alpha value is -0.780. The third-order valence-electron chi connectivity index (χ3n) is 3.44. The number of hydrogen-bond donors (Lipinski definition) is 1. The van der Waals surface area contributed by atoms with Crippen LogP contribution in [0.15, 0.2) is 18.5 Å². The first-order valence-corrected chi connectivity index (χ1v) is 6.20. The van der Waals surface area contributed by atoms with Gasteiger partial charge in [-0.2, -0.15) is 5.10 Å². The highest BCUT2D eigenvalue weighted by atomic mass is 35.5. The Bertz CT molecular complexity index is 372. The Morgan fingerprint density at radius 2 is 2.26 bits per heavy atom. The van der Waals surface area contributed by atoms with E-state index >= 15 is 0 Å². The first-order valence-electron chi connectivity index (χ1n) is 6.20. The van der Waals surface area contributed by atoms with Crippen LogP contribution < -0.4 is 5.73 Å². The Morgan fingerprint density at radius 3 is 2.84 bits per heavy atom. The lowest BCUT2D eigenvalue weighted by molar-refractivity contribution is -0.136. The molecule has 0 aliphatic carbocycles. The van der Waals surface area contributed by atoms with Crippen molar-refractivity contribution in [3.8, 4) is 0 Å². The number of nitrogens with two attached hydrogens (primary N) is 1. The highest BCUT2D eigenvalue weighted by Crippen LogP contribution is 2.18. The van der Waals surface area contributed by atoms with E-state index in [0.29, 0.717) is 12.5 Å². The van der Waals surface area contributed by atoms with Crippen LogP contribution >= 0.6 is 24.8 Å². The zero-order chi connectivity index (χ0) is 12.3. The van der Waals surface area contributed by atoms with Crippen LogP contribution in [0.2, 0.25) is 0 Å². The van der Waals surface area contributed by atoms with E-state index in [4.69, 9.17) is 5.73 Å². The van der Waals surface area contributed by atoms with Gasteiger partial charge < -0.3 is 10.6 Å². The van der Waals surface area contributed by atoms with E-state index in [1.54, 1.807) is 10.9 Å². The molecule has 1 aromatic heterocycles. The van der Waals surface area contributed by atoms with Crippen molar-refractivity contribution < 1.29 is 4.79 Å². The molecule has 2 N–H and O–H groups in total. The number of amides is 1. The predicted octanol–water partition coefficient (Wildman–Crippen LogP) is 1.48. The van der Waals surface area contributed by atoms with E-state index in [2.05, 4.69) is 5.10 Å². The van der Waals surface area contributed by atoms with E-state index in [-0.39, 0.29) is 36.8 Å². The van der Waals surface area contributed by atoms with Crippen LogP contribution in [0.1, 0.15) is 25.8 Å². The molecule has 19 heavy (non-hydrogen) atoms. The van der Waals surface area contributed by atoms with E-state index in [1.165, 1.54) is 0 Å². The fourth-order valence-corrected chi connectivity index (χ4v) is 2.34. The molecule has 0 radical (unpaired) electrons. The molecular formula is C12H22Cl2N4O. The van der Waals surface area contributed by atoms with E-state index in [1.807, 2.05) is 24.1 Å². The number of likely N-dealkylation sites (tertiary alicyclic amines) is 1. The van der Waals surface area contributed by atoms with Crippen LogP contribution in [0, 0.1) is 5.92 Å². The molecule has 2 rings (SSSR count). The molecule has 1 aromatic rings. The van der Waals surface area contributed by atoms with Crippen molar-refractivity contribution in [3.05, 3.63) is 18.5 Å². The summed E-state index contributed by atoms with van der Waals surface area (Å²) in [6.07, 6.45) is 5.71. The van der Waals surface area contributed by atoms with Gasteiger partial charge in [-0.1, -0.05) is 0 Å². The highest BCUT2D eigenvalue weighted by Gasteiger charge is 2.26.